The van der Waals surface area contributed by atoms with Gasteiger partial charge < -0.3 is 20.7 Å². The molecule has 2 amide bonds. The first kappa shape index (κ1) is 21.4. The van der Waals surface area contributed by atoms with Gasteiger partial charge in [0.2, 0.25) is 11.8 Å². The molecule has 1 saturated heterocycles. The average Bonchev–Trinajstić information content (AvgIpc) is 2.57. The van der Waals surface area contributed by atoms with E-state index in [0.29, 0.717) is 0 Å². The average molecular weight is 371 g/mol. The van der Waals surface area contributed by atoms with Crippen molar-refractivity contribution >= 4 is 29.9 Å². The highest BCUT2D eigenvalue weighted by Crippen LogP contribution is 2.13. The third-order valence-corrected chi connectivity index (χ3v) is 4.13. The van der Waals surface area contributed by atoms with Crippen LogP contribution in [0.1, 0.15) is 12.5 Å². The fraction of sp³-hybridized carbons (Fsp3) is 0.529. The largest absolute Gasteiger partial charge is 0.383 e. The van der Waals surface area contributed by atoms with Gasteiger partial charge in [-0.1, -0.05) is 12.1 Å². The Labute approximate surface area is 154 Å². The van der Waals surface area contributed by atoms with Crippen molar-refractivity contribution in [2.24, 2.45) is 5.73 Å². The van der Waals surface area contributed by atoms with Gasteiger partial charge in [-0.05, 0) is 17.7 Å². The van der Waals surface area contributed by atoms with Crippen LogP contribution < -0.4 is 11.1 Å². The van der Waals surface area contributed by atoms with Gasteiger partial charge in [-0.25, -0.2) is 0 Å². The molecule has 1 atom stereocenters. The van der Waals surface area contributed by atoms with Crippen molar-refractivity contribution in [1.82, 2.24) is 9.80 Å². The Balaban J connectivity index is 0.00000312. The Morgan fingerprint density at radius 1 is 1.20 bits per heavy atom. The number of methoxy groups -OCH3 is 1. The van der Waals surface area contributed by atoms with Crippen molar-refractivity contribution in [3.8, 4) is 0 Å². The van der Waals surface area contributed by atoms with Crippen LogP contribution in [0.3, 0.4) is 0 Å². The lowest BCUT2D eigenvalue weighted by atomic mass is 10.1. The van der Waals surface area contributed by atoms with Gasteiger partial charge in [0, 0.05) is 52.4 Å². The molecule has 140 valence electrons. The molecule has 7 nitrogen and oxygen atoms in total. The number of nitrogens with zero attached hydrogens (tertiary/aromatic N) is 2. The Morgan fingerprint density at radius 3 is 2.32 bits per heavy atom. The number of halogens is 1. The van der Waals surface area contributed by atoms with Crippen molar-refractivity contribution < 1.29 is 14.3 Å². The lowest BCUT2D eigenvalue weighted by molar-refractivity contribution is -0.130. The second-order valence-electron chi connectivity index (χ2n) is 6.03. The van der Waals surface area contributed by atoms with Gasteiger partial charge >= 0.3 is 0 Å². The van der Waals surface area contributed by atoms with E-state index in [-0.39, 0.29) is 30.8 Å². The molecule has 1 aliphatic rings. The molecule has 1 aromatic carbocycles. The van der Waals surface area contributed by atoms with E-state index >= 15 is 0 Å². The van der Waals surface area contributed by atoms with Gasteiger partial charge in [0.05, 0.1) is 6.61 Å². The summed E-state index contributed by atoms with van der Waals surface area (Å²) in [6.07, 6.45) is 0. The molecule has 0 aliphatic carbocycles. The van der Waals surface area contributed by atoms with Crippen LogP contribution in [0, 0.1) is 0 Å². The number of rotatable bonds is 6. The smallest absolute Gasteiger partial charge is 0.243 e. The molecule has 1 fully saturated rings. The van der Waals surface area contributed by atoms with E-state index in [1.54, 1.807) is 6.92 Å². The monoisotopic (exact) mass is 370 g/mol. The summed E-state index contributed by atoms with van der Waals surface area (Å²) in [6, 6.07) is 7.06. The summed E-state index contributed by atoms with van der Waals surface area (Å²) < 4.78 is 4.87. The van der Waals surface area contributed by atoms with Crippen LogP contribution in [0.5, 0.6) is 0 Å². The van der Waals surface area contributed by atoms with Gasteiger partial charge in [-0.2, -0.15) is 0 Å². The van der Waals surface area contributed by atoms with Gasteiger partial charge in [-0.3, -0.25) is 14.5 Å². The summed E-state index contributed by atoms with van der Waals surface area (Å²) in [7, 11) is 1.51. The molecular formula is C17H27ClN4O3. The maximum atomic E-state index is 11.8. The Morgan fingerprint density at radius 2 is 1.80 bits per heavy atom. The number of hydrogen-bond acceptors (Lipinski definition) is 5. The van der Waals surface area contributed by atoms with Gasteiger partial charge in [0.25, 0.3) is 0 Å². The summed E-state index contributed by atoms with van der Waals surface area (Å²) in [6.45, 7) is 5.95. The van der Waals surface area contributed by atoms with E-state index < -0.39 is 6.04 Å². The first-order valence-electron chi connectivity index (χ1n) is 8.12. The quantitative estimate of drug-likeness (QED) is 0.769. The number of piperazine rings is 1. The van der Waals surface area contributed by atoms with E-state index in [9.17, 15) is 9.59 Å². The summed E-state index contributed by atoms with van der Waals surface area (Å²) in [5.41, 5.74) is 7.58. The van der Waals surface area contributed by atoms with Crippen LogP contribution in [0.15, 0.2) is 24.3 Å². The molecule has 0 spiro atoms. The number of anilines is 1. The maximum Gasteiger partial charge on any atom is 0.243 e. The van der Waals surface area contributed by atoms with Crippen LogP contribution >= 0.6 is 12.4 Å². The van der Waals surface area contributed by atoms with Crippen LogP contribution in [0.25, 0.3) is 0 Å². The maximum absolute atomic E-state index is 11.8. The van der Waals surface area contributed by atoms with E-state index in [2.05, 4.69) is 10.2 Å². The zero-order chi connectivity index (χ0) is 17.5. The molecule has 0 aromatic heterocycles. The first-order chi connectivity index (χ1) is 11.5. The third-order valence-electron chi connectivity index (χ3n) is 4.13. The number of amides is 2. The van der Waals surface area contributed by atoms with Gasteiger partial charge in [0.1, 0.15) is 6.04 Å². The van der Waals surface area contributed by atoms with Crippen LogP contribution in [0.2, 0.25) is 0 Å². The molecule has 3 N–H and O–H groups in total. The summed E-state index contributed by atoms with van der Waals surface area (Å²) in [5.74, 6) is -0.119. The molecule has 2 rings (SSSR count). The Kier molecular flexibility index (Phi) is 8.85. The molecule has 0 radical (unpaired) electrons. The van der Waals surface area contributed by atoms with Crippen LogP contribution in [-0.4, -0.2) is 67.6 Å². The predicted octanol–water partition coefficient (Wildman–Crippen LogP) is 0.685. The van der Waals surface area contributed by atoms with E-state index in [4.69, 9.17) is 10.5 Å². The normalized spacial score (nSPS) is 16.0. The van der Waals surface area contributed by atoms with Crippen molar-refractivity contribution in [3.05, 3.63) is 29.8 Å². The topological polar surface area (TPSA) is 87.9 Å². The lowest BCUT2D eigenvalue weighted by Gasteiger charge is -2.34. The fourth-order valence-corrected chi connectivity index (χ4v) is 2.66. The van der Waals surface area contributed by atoms with E-state index in [0.717, 1.165) is 38.4 Å². The minimum atomic E-state index is -0.674. The second-order valence-corrected chi connectivity index (χ2v) is 6.03. The van der Waals surface area contributed by atoms with E-state index in [1.165, 1.54) is 12.7 Å². The molecule has 8 heteroatoms. The zero-order valence-corrected chi connectivity index (χ0v) is 15.6. The molecule has 1 aliphatic heterocycles. The standard InChI is InChI=1S/C17H26N4O3.ClH/c1-13(22)21-9-7-20(8-10-21)11-14-3-5-15(6-4-14)19-17(23)16(18)12-24-2;/h3-6,16H,7-12,18H2,1-2H3,(H,19,23);1H. The fourth-order valence-electron chi connectivity index (χ4n) is 2.66. The van der Waals surface area contributed by atoms with Gasteiger partial charge in [0.15, 0.2) is 0 Å². The number of carbonyl (C=O) groups excluding carboxylic acids is 2. The predicted molar refractivity (Wildman–Crippen MR) is 99.7 cm³/mol. The molecule has 0 saturated carbocycles. The summed E-state index contributed by atoms with van der Waals surface area (Å²) >= 11 is 0. The molecule has 1 heterocycles. The molecule has 25 heavy (non-hydrogen) atoms. The number of benzene rings is 1. The zero-order valence-electron chi connectivity index (χ0n) is 14.7. The molecule has 1 unspecified atom stereocenters. The SMILES string of the molecule is COCC(N)C(=O)Nc1ccc(CN2CCN(C(C)=O)CC2)cc1.Cl. The highest BCUT2D eigenvalue weighted by molar-refractivity contribution is 5.94. The summed E-state index contributed by atoms with van der Waals surface area (Å²) in [4.78, 5) is 27.4. The molecular weight excluding hydrogens is 344 g/mol. The van der Waals surface area contributed by atoms with Crippen molar-refractivity contribution in [2.75, 3.05) is 45.2 Å². The highest BCUT2D eigenvalue weighted by Gasteiger charge is 2.18. The van der Waals surface area contributed by atoms with E-state index in [1.807, 2.05) is 29.2 Å². The van der Waals surface area contributed by atoms with Crippen LogP contribution in [0.4, 0.5) is 5.69 Å². The number of ether oxygens (including phenoxy) is 1. The minimum Gasteiger partial charge on any atom is -0.383 e. The Hall–Kier alpha value is -1.67. The number of carbonyl (C=O) groups is 2. The third kappa shape index (κ3) is 6.62. The number of hydrogen-bond donors (Lipinski definition) is 2. The molecule has 0 bridgehead atoms. The second kappa shape index (κ2) is 10.4. The number of nitrogens with two attached hydrogens (primary N) is 1. The number of nitrogens with one attached hydrogen (secondary N) is 1. The van der Waals surface area contributed by atoms with Gasteiger partial charge in [-0.15, -0.1) is 12.4 Å². The molecule has 1 aromatic rings. The van der Waals surface area contributed by atoms with Crippen molar-refractivity contribution in [2.45, 2.75) is 19.5 Å². The first-order valence-corrected chi connectivity index (χ1v) is 8.12. The minimum absolute atomic E-state index is 0. The van der Waals surface area contributed by atoms with Crippen LogP contribution in [-0.2, 0) is 20.9 Å². The Bertz CT molecular complexity index is 560. The summed E-state index contributed by atoms with van der Waals surface area (Å²) in [5, 5.41) is 2.77. The van der Waals surface area contributed by atoms with Crippen molar-refractivity contribution in [3.63, 3.8) is 0 Å². The lowest BCUT2D eigenvalue weighted by Crippen LogP contribution is -2.47. The van der Waals surface area contributed by atoms with Crippen molar-refractivity contribution in [1.29, 1.82) is 0 Å². The highest BCUT2D eigenvalue weighted by atomic mass is 35.5.